The minimum Gasteiger partial charge on any atom is -0.398 e. The summed E-state index contributed by atoms with van der Waals surface area (Å²) in [5.41, 5.74) is 6.36. The van der Waals surface area contributed by atoms with Crippen molar-refractivity contribution in [1.29, 1.82) is 0 Å². The zero-order valence-electron chi connectivity index (χ0n) is 8.00. The summed E-state index contributed by atoms with van der Waals surface area (Å²) in [4.78, 5) is 21.5. The molecule has 4 nitrogen and oxygen atoms in total. The second-order valence-corrected chi connectivity index (χ2v) is 3.35. The Morgan fingerprint density at radius 3 is 2.87 bits per heavy atom. The average Bonchev–Trinajstić information content (AvgIpc) is 2.22. The minimum absolute atomic E-state index is 0.265. The Labute approximate surface area is 92.4 Å². The van der Waals surface area contributed by atoms with Gasteiger partial charge in [0.1, 0.15) is 6.29 Å². The van der Waals surface area contributed by atoms with E-state index < -0.39 is 0 Å². The third kappa shape index (κ3) is 3.25. The molecule has 0 bridgehead atoms. The lowest BCUT2D eigenvalue weighted by atomic mass is 10.2. The molecule has 0 saturated carbocycles. The number of nitrogens with one attached hydrogen (secondary N) is 1. The number of hydrogen-bond donors (Lipinski definition) is 2. The van der Waals surface area contributed by atoms with E-state index in [9.17, 15) is 9.59 Å². The number of carbonyl (C=O) groups excluding carboxylic acids is 2. The zero-order chi connectivity index (χ0) is 11.3. The first-order chi connectivity index (χ1) is 7.15. The van der Waals surface area contributed by atoms with E-state index in [1.807, 2.05) is 0 Å². The number of hydrogen-bond acceptors (Lipinski definition) is 3. The molecule has 1 rings (SSSR count). The summed E-state index contributed by atoms with van der Waals surface area (Å²) < 4.78 is 0. The fourth-order valence-electron chi connectivity index (χ4n) is 1.02. The minimum atomic E-state index is -0.265. The Hall–Kier alpha value is -1.55. The molecule has 1 amide bonds. The van der Waals surface area contributed by atoms with Crippen molar-refractivity contribution in [3.63, 3.8) is 0 Å². The first-order valence-electron chi connectivity index (χ1n) is 4.42. The van der Waals surface area contributed by atoms with E-state index in [0.717, 1.165) is 6.29 Å². The highest BCUT2D eigenvalue weighted by Gasteiger charge is 2.06. The molecule has 15 heavy (non-hydrogen) atoms. The van der Waals surface area contributed by atoms with Gasteiger partial charge in [-0.2, -0.15) is 0 Å². The molecule has 0 heterocycles. The van der Waals surface area contributed by atoms with Gasteiger partial charge in [-0.05, 0) is 18.2 Å². The summed E-state index contributed by atoms with van der Waals surface area (Å²) >= 11 is 5.76. The highest BCUT2D eigenvalue weighted by molar-refractivity contribution is 6.33. The van der Waals surface area contributed by atoms with Gasteiger partial charge in [0, 0.05) is 18.5 Å². The van der Waals surface area contributed by atoms with E-state index >= 15 is 0 Å². The molecule has 0 saturated heterocycles. The molecule has 0 atom stereocenters. The number of benzene rings is 1. The molecule has 0 aliphatic heterocycles. The van der Waals surface area contributed by atoms with Crippen LogP contribution in [0.1, 0.15) is 16.8 Å². The lowest BCUT2D eigenvalue weighted by Crippen LogP contribution is -2.24. The lowest BCUT2D eigenvalue weighted by molar-refractivity contribution is -0.107. The highest BCUT2D eigenvalue weighted by atomic mass is 35.5. The van der Waals surface area contributed by atoms with E-state index in [-0.39, 0.29) is 5.91 Å². The Balaban J connectivity index is 2.65. The van der Waals surface area contributed by atoms with E-state index in [2.05, 4.69) is 5.32 Å². The first kappa shape index (κ1) is 11.5. The first-order valence-corrected chi connectivity index (χ1v) is 4.80. The van der Waals surface area contributed by atoms with Crippen molar-refractivity contribution in [3.05, 3.63) is 28.8 Å². The van der Waals surface area contributed by atoms with Gasteiger partial charge < -0.3 is 15.8 Å². The standard InChI is InChI=1S/C10H11ClN2O2/c11-8-6-7(2-3-9(8)12)10(15)13-4-1-5-14/h2-3,5-6H,1,4,12H2,(H,13,15). The lowest BCUT2D eigenvalue weighted by Gasteiger charge is -2.04. The SMILES string of the molecule is Nc1ccc(C(=O)NCCC=O)cc1Cl. The van der Waals surface area contributed by atoms with Crippen LogP contribution in [0.3, 0.4) is 0 Å². The van der Waals surface area contributed by atoms with Crippen LogP contribution in [-0.2, 0) is 4.79 Å². The molecule has 0 aliphatic carbocycles. The molecule has 3 N–H and O–H groups in total. The monoisotopic (exact) mass is 226 g/mol. The van der Waals surface area contributed by atoms with Gasteiger partial charge in [0.05, 0.1) is 10.7 Å². The molecule has 80 valence electrons. The van der Waals surface area contributed by atoms with Crippen molar-refractivity contribution in [2.45, 2.75) is 6.42 Å². The summed E-state index contributed by atoms with van der Waals surface area (Å²) in [5, 5.41) is 2.92. The quantitative estimate of drug-likeness (QED) is 0.461. The second kappa shape index (κ2) is 5.36. The Bertz CT molecular complexity index is 380. The van der Waals surface area contributed by atoms with Crippen molar-refractivity contribution in [1.82, 2.24) is 5.32 Å². The van der Waals surface area contributed by atoms with Gasteiger partial charge in [-0.1, -0.05) is 11.6 Å². The van der Waals surface area contributed by atoms with E-state index in [1.54, 1.807) is 12.1 Å². The van der Waals surface area contributed by atoms with Crippen LogP contribution in [0.5, 0.6) is 0 Å². The zero-order valence-corrected chi connectivity index (χ0v) is 8.75. The molecule has 0 spiro atoms. The molecule has 0 radical (unpaired) electrons. The summed E-state index contributed by atoms with van der Waals surface area (Å²) in [5.74, 6) is -0.265. The number of carbonyl (C=O) groups is 2. The van der Waals surface area contributed by atoms with Gasteiger partial charge in [0.15, 0.2) is 0 Å². The summed E-state index contributed by atoms with van der Waals surface area (Å²) in [6.45, 7) is 0.324. The number of anilines is 1. The van der Waals surface area contributed by atoms with Crippen LogP contribution in [0.15, 0.2) is 18.2 Å². The van der Waals surface area contributed by atoms with Gasteiger partial charge in [-0.15, -0.1) is 0 Å². The topological polar surface area (TPSA) is 72.2 Å². The molecular formula is C10H11ClN2O2. The van der Waals surface area contributed by atoms with Crippen LogP contribution >= 0.6 is 11.6 Å². The normalized spacial score (nSPS) is 9.67. The van der Waals surface area contributed by atoms with Crippen LogP contribution < -0.4 is 11.1 Å². The van der Waals surface area contributed by atoms with Crippen LogP contribution in [-0.4, -0.2) is 18.7 Å². The maximum atomic E-state index is 11.5. The molecular weight excluding hydrogens is 216 g/mol. The van der Waals surface area contributed by atoms with Gasteiger partial charge in [0.2, 0.25) is 0 Å². The van der Waals surface area contributed by atoms with Crippen molar-refractivity contribution < 1.29 is 9.59 Å². The number of amides is 1. The molecule has 0 aromatic heterocycles. The summed E-state index contributed by atoms with van der Waals surface area (Å²) in [7, 11) is 0. The predicted octanol–water partition coefficient (Wildman–Crippen LogP) is 1.24. The maximum Gasteiger partial charge on any atom is 0.251 e. The molecule has 0 aliphatic rings. The Morgan fingerprint density at radius 1 is 1.53 bits per heavy atom. The van der Waals surface area contributed by atoms with Gasteiger partial charge in [0.25, 0.3) is 5.91 Å². The molecule has 5 heteroatoms. The van der Waals surface area contributed by atoms with E-state index in [0.29, 0.717) is 29.2 Å². The number of rotatable bonds is 4. The van der Waals surface area contributed by atoms with E-state index in [1.165, 1.54) is 6.07 Å². The molecule has 0 fully saturated rings. The van der Waals surface area contributed by atoms with Crippen LogP contribution in [0.25, 0.3) is 0 Å². The second-order valence-electron chi connectivity index (χ2n) is 2.95. The van der Waals surface area contributed by atoms with Crippen molar-refractivity contribution in [2.75, 3.05) is 12.3 Å². The number of nitrogen functional groups attached to an aromatic ring is 1. The van der Waals surface area contributed by atoms with Gasteiger partial charge in [-0.3, -0.25) is 4.79 Å². The predicted molar refractivity (Wildman–Crippen MR) is 58.9 cm³/mol. The van der Waals surface area contributed by atoms with Crippen molar-refractivity contribution in [3.8, 4) is 0 Å². The van der Waals surface area contributed by atoms with Crippen LogP contribution in [0.4, 0.5) is 5.69 Å². The highest BCUT2D eigenvalue weighted by Crippen LogP contribution is 2.19. The average molecular weight is 227 g/mol. The summed E-state index contributed by atoms with van der Waals surface area (Å²) in [6.07, 6.45) is 1.05. The fourth-order valence-corrected chi connectivity index (χ4v) is 1.20. The van der Waals surface area contributed by atoms with Gasteiger partial charge >= 0.3 is 0 Å². The van der Waals surface area contributed by atoms with Crippen LogP contribution in [0.2, 0.25) is 5.02 Å². The van der Waals surface area contributed by atoms with Crippen molar-refractivity contribution in [2.24, 2.45) is 0 Å². The number of nitrogens with two attached hydrogens (primary N) is 1. The molecule has 1 aromatic carbocycles. The van der Waals surface area contributed by atoms with E-state index in [4.69, 9.17) is 17.3 Å². The molecule has 0 unspecified atom stereocenters. The Kier molecular flexibility index (Phi) is 4.12. The van der Waals surface area contributed by atoms with Crippen molar-refractivity contribution >= 4 is 29.5 Å². The smallest absolute Gasteiger partial charge is 0.251 e. The third-order valence-electron chi connectivity index (χ3n) is 1.81. The third-order valence-corrected chi connectivity index (χ3v) is 2.14. The van der Waals surface area contributed by atoms with Crippen LogP contribution in [0, 0.1) is 0 Å². The largest absolute Gasteiger partial charge is 0.398 e. The number of aldehydes is 1. The fraction of sp³-hybridized carbons (Fsp3) is 0.200. The number of halogens is 1. The summed E-state index contributed by atoms with van der Waals surface area (Å²) in [6, 6.07) is 4.64. The molecule has 1 aromatic rings. The Morgan fingerprint density at radius 2 is 2.27 bits per heavy atom. The maximum absolute atomic E-state index is 11.5. The van der Waals surface area contributed by atoms with Gasteiger partial charge in [-0.25, -0.2) is 0 Å².